The predicted octanol–water partition coefficient (Wildman–Crippen LogP) is 6.58. The monoisotopic (exact) mass is 553 g/mol. The lowest BCUT2D eigenvalue weighted by Gasteiger charge is -2.40. The fourth-order valence-corrected chi connectivity index (χ4v) is 6.12. The first kappa shape index (κ1) is 26.7. The van der Waals surface area contributed by atoms with Crippen molar-refractivity contribution in [3.63, 3.8) is 0 Å². The van der Waals surface area contributed by atoms with Gasteiger partial charge < -0.3 is 24.1 Å². The standard InChI is InChI=1S/C33H35N3O5/c1-5-18-41-27-17-12-21(19-28(27)40-7-3)25-20-35-32(38)36(22-13-15-23(16-14-22)39-6-2)31(37)33(35,4)30-29(25)24-10-8-9-11-26(24)34-30/h8-17,19,25,34H,5-7,18,20H2,1-4H3/t25-,33-/m0/s1. The van der Waals surface area contributed by atoms with Crippen molar-refractivity contribution in [3.05, 3.63) is 83.6 Å². The van der Waals surface area contributed by atoms with E-state index in [1.807, 2.05) is 57.2 Å². The lowest BCUT2D eigenvalue weighted by Crippen LogP contribution is -2.50. The number of aromatic amines is 1. The first-order valence-electron chi connectivity index (χ1n) is 14.3. The van der Waals surface area contributed by atoms with Crippen molar-refractivity contribution in [1.82, 2.24) is 9.88 Å². The summed E-state index contributed by atoms with van der Waals surface area (Å²) >= 11 is 0. The first-order valence-corrected chi connectivity index (χ1v) is 14.3. The number of ether oxygens (including phenoxy) is 3. The molecule has 3 heterocycles. The molecule has 41 heavy (non-hydrogen) atoms. The van der Waals surface area contributed by atoms with Gasteiger partial charge >= 0.3 is 6.03 Å². The summed E-state index contributed by atoms with van der Waals surface area (Å²) in [6, 6.07) is 20.8. The highest BCUT2D eigenvalue weighted by Crippen LogP contribution is 2.51. The van der Waals surface area contributed by atoms with Crippen LogP contribution in [-0.4, -0.2) is 48.2 Å². The zero-order chi connectivity index (χ0) is 28.7. The molecule has 1 fully saturated rings. The van der Waals surface area contributed by atoms with Gasteiger partial charge in [0.1, 0.15) is 5.75 Å². The summed E-state index contributed by atoms with van der Waals surface area (Å²) in [6.45, 7) is 9.75. The Kier molecular flexibility index (Phi) is 6.85. The topological polar surface area (TPSA) is 84.1 Å². The molecule has 8 nitrogen and oxygen atoms in total. The van der Waals surface area contributed by atoms with E-state index in [9.17, 15) is 9.59 Å². The molecule has 0 radical (unpaired) electrons. The second-order valence-electron chi connectivity index (χ2n) is 10.5. The van der Waals surface area contributed by atoms with Crippen molar-refractivity contribution in [1.29, 1.82) is 0 Å². The number of amides is 3. The number of nitrogens with zero attached hydrogens (tertiary/aromatic N) is 2. The molecule has 1 saturated heterocycles. The Morgan fingerprint density at radius 1 is 0.902 bits per heavy atom. The number of carbonyl (C=O) groups is 2. The second kappa shape index (κ2) is 10.5. The number of rotatable bonds is 9. The number of urea groups is 1. The van der Waals surface area contributed by atoms with Crippen LogP contribution in [0.5, 0.6) is 17.2 Å². The van der Waals surface area contributed by atoms with Crippen LogP contribution in [0.25, 0.3) is 10.9 Å². The van der Waals surface area contributed by atoms with Crippen molar-refractivity contribution in [2.45, 2.75) is 45.6 Å². The summed E-state index contributed by atoms with van der Waals surface area (Å²) in [4.78, 5) is 34.8. The second-order valence-corrected chi connectivity index (χ2v) is 10.5. The number of para-hydroxylation sites is 1. The van der Waals surface area contributed by atoms with Crippen LogP contribution in [0.15, 0.2) is 66.7 Å². The van der Waals surface area contributed by atoms with Crippen LogP contribution >= 0.6 is 0 Å². The summed E-state index contributed by atoms with van der Waals surface area (Å²) in [5, 5.41) is 1.04. The molecule has 1 aromatic heterocycles. The van der Waals surface area contributed by atoms with Crippen molar-refractivity contribution in [2.24, 2.45) is 0 Å². The Hall–Kier alpha value is -4.46. The van der Waals surface area contributed by atoms with E-state index >= 15 is 0 Å². The highest BCUT2D eigenvalue weighted by Gasteiger charge is 2.60. The van der Waals surface area contributed by atoms with E-state index in [1.165, 1.54) is 4.90 Å². The minimum atomic E-state index is -1.19. The van der Waals surface area contributed by atoms with E-state index in [2.05, 4.69) is 18.0 Å². The maximum atomic E-state index is 14.2. The van der Waals surface area contributed by atoms with E-state index in [4.69, 9.17) is 14.2 Å². The molecule has 2 aliphatic rings. The average Bonchev–Trinajstić information content (AvgIpc) is 3.47. The molecule has 3 amide bonds. The maximum Gasteiger partial charge on any atom is 0.332 e. The number of benzene rings is 3. The quantitative estimate of drug-likeness (QED) is 0.237. The maximum absolute atomic E-state index is 14.2. The van der Waals surface area contributed by atoms with Gasteiger partial charge in [0.15, 0.2) is 17.0 Å². The van der Waals surface area contributed by atoms with E-state index in [1.54, 1.807) is 29.2 Å². The number of carbonyl (C=O) groups excluding carboxylic acids is 2. The fourth-order valence-electron chi connectivity index (χ4n) is 6.12. The van der Waals surface area contributed by atoms with E-state index < -0.39 is 5.54 Å². The van der Waals surface area contributed by atoms with Crippen molar-refractivity contribution >= 4 is 28.5 Å². The zero-order valence-electron chi connectivity index (χ0n) is 23.9. The normalized spacial score (nSPS) is 19.9. The van der Waals surface area contributed by atoms with E-state index in [0.29, 0.717) is 49.3 Å². The number of nitrogens with one attached hydrogen (secondary N) is 1. The van der Waals surface area contributed by atoms with Gasteiger partial charge in [-0.2, -0.15) is 0 Å². The molecule has 8 heteroatoms. The molecular formula is C33H35N3O5. The molecule has 0 spiro atoms. The molecule has 2 atom stereocenters. The third-order valence-electron chi connectivity index (χ3n) is 8.07. The van der Waals surface area contributed by atoms with Crippen molar-refractivity contribution in [3.8, 4) is 17.2 Å². The number of imide groups is 1. The van der Waals surface area contributed by atoms with Crippen LogP contribution in [0.4, 0.5) is 10.5 Å². The molecule has 3 aromatic carbocycles. The Balaban J connectivity index is 1.48. The van der Waals surface area contributed by atoms with Gasteiger partial charge in [-0.05, 0) is 80.8 Å². The number of anilines is 1. The van der Waals surface area contributed by atoms with Gasteiger partial charge in [-0.15, -0.1) is 0 Å². The zero-order valence-corrected chi connectivity index (χ0v) is 23.9. The molecule has 0 unspecified atom stereocenters. The Labute approximate surface area is 239 Å². The summed E-state index contributed by atoms with van der Waals surface area (Å²) in [7, 11) is 0. The Morgan fingerprint density at radius 2 is 1.66 bits per heavy atom. The lowest BCUT2D eigenvalue weighted by atomic mass is 9.78. The van der Waals surface area contributed by atoms with Gasteiger partial charge in [-0.3, -0.25) is 4.79 Å². The minimum Gasteiger partial charge on any atom is -0.494 e. The average molecular weight is 554 g/mol. The van der Waals surface area contributed by atoms with Crippen molar-refractivity contribution in [2.75, 3.05) is 31.3 Å². The largest absolute Gasteiger partial charge is 0.494 e. The third kappa shape index (κ3) is 4.20. The van der Waals surface area contributed by atoms with Crippen LogP contribution in [0, 0.1) is 0 Å². The van der Waals surface area contributed by atoms with Crippen LogP contribution in [0.1, 0.15) is 56.9 Å². The molecule has 0 saturated carbocycles. The Bertz CT molecular complexity index is 1610. The van der Waals surface area contributed by atoms with Gasteiger partial charge in [0.25, 0.3) is 5.91 Å². The van der Waals surface area contributed by atoms with Crippen LogP contribution in [0.2, 0.25) is 0 Å². The lowest BCUT2D eigenvalue weighted by molar-refractivity contribution is -0.125. The molecule has 2 aliphatic heterocycles. The fraction of sp³-hybridized carbons (Fsp3) is 0.333. The highest BCUT2D eigenvalue weighted by molar-refractivity contribution is 6.23. The van der Waals surface area contributed by atoms with Gasteiger partial charge in [0.2, 0.25) is 0 Å². The Morgan fingerprint density at radius 3 is 2.39 bits per heavy atom. The molecular weight excluding hydrogens is 518 g/mol. The minimum absolute atomic E-state index is 0.189. The molecule has 1 N–H and O–H groups in total. The number of fused-ring (bicyclic) bond motifs is 5. The SMILES string of the molecule is CCCOc1ccc([C@@H]2CN3C(=O)N(c4ccc(OCC)cc4)C(=O)[C@]3(C)c3[nH]c4ccccc4c32)cc1OCC. The summed E-state index contributed by atoms with van der Waals surface area (Å²) < 4.78 is 17.5. The smallest absolute Gasteiger partial charge is 0.332 e. The van der Waals surface area contributed by atoms with Gasteiger partial charge in [-0.1, -0.05) is 31.2 Å². The summed E-state index contributed by atoms with van der Waals surface area (Å²) in [5.41, 5.74) is 3.02. The highest BCUT2D eigenvalue weighted by atomic mass is 16.5. The van der Waals surface area contributed by atoms with E-state index in [0.717, 1.165) is 34.1 Å². The molecule has 0 bridgehead atoms. The molecule has 0 aliphatic carbocycles. The third-order valence-corrected chi connectivity index (χ3v) is 8.07. The first-order chi connectivity index (χ1) is 19.9. The number of hydrogen-bond acceptors (Lipinski definition) is 5. The number of hydrogen-bond donors (Lipinski definition) is 1. The van der Waals surface area contributed by atoms with Crippen LogP contribution < -0.4 is 19.1 Å². The van der Waals surface area contributed by atoms with Gasteiger partial charge in [-0.25, -0.2) is 9.69 Å². The predicted molar refractivity (Wildman–Crippen MR) is 158 cm³/mol. The number of H-pyrrole nitrogens is 1. The van der Waals surface area contributed by atoms with Gasteiger partial charge in [0.05, 0.1) is 31.2 Å². The van der Waals surface area contributed by atoms with Gasteiger partial charge in [0, 0.05) is 23.4 Å². The van der Waals surface area contributed by atoms with Crippen LogP contribution in [-0.2, 0) is 10.3 Å². The van der Waals surface area contributed by atoms with Crippen LogP contribution in [0.3, 0.4) is 0 Å². The molecule has 212 valence electrons. The van der Waals surface area contributed by atoms with E-state index in [-0.39, 0.29) is 17.9 Å². The summed E-state index contributed by atoms with van der Waals surface area (Å²) in [6.07, 6.45) is 0.892. The molecule has 4 aromatic rings. The van der Waals surface area contributed by atoms with Crippen molar-refractivity contribution < 1.29 is 23.8 Å². The molecule has 6 rings (SSSR count). The summed E-state index contributed by atoms with van der Waals surface area (Å²) in [5.74, 6) is 1.59. The number of aromatic nitrogens is 1.